The Hall–Kier alpha value is -0.610. The molecule has 148 valence electrons. The van der Waals surface area contributed by atoms with E-state index in [9.17, 15) is 0 Å². The molecule has 1 aliphatic heterocycles. The first-order chi connectivity index (χ1) is 12.1. The van der Waals surface area contributed by atoms with Crippen LogP contribution in [-0.2, 0) is 6.54 Å². The molecule has 1 aliphatic carbocycles. The van der Waals surface area contributed by atoms with Crippen molar-refractivity contribution in [3.05, 3.63) is 11.1 Å². The fraction of sp³-hybridized carbons (Fsp3) is 0.778. The van der Waals surface area contributed by atoms with Crippen LogP contribution in [0.1, 0.15) is 37.8 Å². The van der Waals surface area contributed by atoms with E-state index in [1.165, 1.54) is 45.2 Å². The number of rotatable bonds is 6. The van der Waals surface area contributed by atoms with Gasteiger partial charge in [0.15, 0.2) is 11.1 Å². The Balaban J connectivity index is 0.00000243. The number of hydrogen-bond acceptors (Lipinski definition) is 5. The van der Waals surface area contributed by atoms with Gasteiger partial charge in [0, 0.05) is 52.2 Å². The second kappa shape index (κ2) is 10.7. The van der Waals surface area contributed by atoms with E-state index in [1.54, 1.807) is 11.3 Å². The summed E-state index contributed by atoms with van der Waals surface area (Å²) in [5, 5.41) is 10.1. The molecular formula is C18H33IN6S. The molecule has 2 fully saturated rings. The summed E-state index contributed by atoms with van der Waals surface area (Å²) < 4.78 is 0. The number of hydrogen-bond donors (Lipinski definition) is 2. The number of nitrogens with zero attached hydrogens (tertiary/aromatic N) is 4. The lowest BCUT2D eigenvalue weighted by atomic mass is 10.1. The number of guanidine groups is 1. The van der Waals surface area contributed by atoms with Gasteiger partial charge in [-0.3, -0.25) is 4.99 Å². The predicted octanol–water partition coefficient (Wildman–Crippen LogP) is 2.76. The molecule has 0 radical (unpaired) electrons. The molecule has 0 spiro atoms. The molecule has 0 amide bonds. The van der Waals surface area contributed by atoms with Crippen molar-refractivity contribution in [3.63, 3.8) is 0 Å². The molecule has 2 N–H and O–H groups in total. The first kappa shape index (κ1) is 21.7. The molecule has 1 aromatic heterocycles. The fourth-order valence-corrected chi connectivity index (χ4v) is 4.58. The number of aliphatic imine (C=N–C) groups is 1. The Morgan fingerprint density at radius 1 is 1.35 bits per heavy atom. The van der Waals surface area contributed by atoms with Crippen molar-refractivity contribution >= 4 is 46.4 Å². The third kappa shape index (κ3) is 6.23. The van der Waals surface area contributed by atoms with Crippen molar-refractivity contribution in [2.24, 2.45) is 10.9 Å². The topological polar surface area (TPSA) is 55.8 Å². The highest BCUT2D eigenvalue weighted by Gasteiger charge is 2.26. The van der Waals surface area contributed by atoms with Crippen LogP contribution in [-0.4, -0.2) is 62.7 Å². The number of aromatic nitrogens is 1. The minimum atomic E-state index is 0. The van der Waals surface area contributed by atoms with Gasteiger partial charge in [0.25, 0.3) is 0 Å². The van der Waals surface area contributed by atoms with Crippen LogP contribution in [0.15, 0.2) is 10.4 Å². The van der Waals surface area contributed by atoms with Gasteiger partial charge >= 0.3 is 0 Å². The van der Waals surface area contributed by atoms with Crippen LogP contribution in [0.4, 0.5) is 5.13 Å². The van der Waals surface area contributed by atoms with Crippen LogP contribution < -0.4 is 15.5 Å². The summed E-state index contributed by atoms with van der Waals surface area (Å²) in [6.07, 6.45) is 6.93. The van der Waals surface area contributed by atoms with Crippen LogP contribution in [0.3, 0.4) is 0 Å². The SMILES string of the molecule is CN=C(NCc1csc(N(C)C)n1)NC1CCN(CC2CCCC2)C1.I. The van der Waals surface area contributed by atoms with Crippen LogP contribution in [0, 0.1) is 5.92 Å². The lowest BCUT2D eigenvalue weighted by molar-refractivity contribution is 0.275. The van der Waals surface area contributed by atoms with Gasteiger partial charge in [-0.1, -0.05) is 12.8 Å². The van der Waals surface area contributed by atoms with Gasteiger partial charge < -0.3 is 20.4 Å². The van der Waals surface area contributed by atoms with Crippen LogP contribution in [0.5, 0.6) is 0 Å². The summed E-state index contributed by atoms with van der Waals surface area (Å²) in [5.41, 5.74) is 1.06. The molecule has 1 saturated heterocycles. The van der Waals surface area contributed by atoms with Gasteiger partial charge in [0.1, 0.15) is 0 Å². The number of nitrogens with one attached hydrogen (secondary N) is 2. The molecule has 6 nitrogen and oxygen atoms in total. The third-order valence-electron chi connectivity index (χ3n) is 5.19. The van der Waals surface area contributed by atoms with Gasteiger partial charge in [-0.2, -0.15) is 0 Å². The van der Waals surface area contributed by atoms with Crippen molar-refractivity contribution in [2.75, 3.05) is 45.7 Å². The molecule has 8 heteroatoms. The summed E-state index contributed by atoms with van der Waals surface area (Å²) in [6, 6.07) is 0.500. The quantitative estimate of drug-likeness (QED) is 0.364. The first-order valence-corrected chi connectivity index (χ1v) is 10.3. The second-order valence-electron chi connectivity index (χ2n) is 7.48. The Bertz CT molecular complexity index is 570. The monoisotopic (exact) mass is 492 g/mol. The van der Waals surface area contributed by atoms with Gasteiger partial charge in [-0.05, 0) is 25.2 Å². The molecule has 2 heterocycles. The van der Waals surface area contributed by atoms with Crippen LogP contribution in [0.25, 0.3) is 0 Å². The highest BCUT2D eigenvalue weighted by molar-refractivity contribution is 14.0. The Morgan fingerprint density at radius 2 is 2.12 bits per heavy atom. The minimum absolute atomic E-state index is 0. The normalized spacial score (nSPS) is 21.7. The average Bonchev–Trinajstić information content (AvgIpc) is 3.34. The Morgan fingerprint density at radius 3 is 2.77 bits per heavy atom. The molecule has 0 aromatic carbocycles. The maximum absolute atomic E-state index is 4.61. The minimum Gasteiger partial charge on any atom is -0.354 e. The Kier molecular flexibility index (Phi) is 8.89. The largest absolute Gasteiger partial charge is 0.354 e. The van der Waals surface area contributed by atoms with Crippen molar-refractivity contribution < 1.29 is 0 Å². The molecule has 1 unspecified atom stereocenters. The smallest absolute Gasteiger partial charge is 0.191 e. The Labute approximate surface area is 178 Å². The standard InChI is InChI=1S/C18H32N6S.HI/c1-19-17(20-10-16-13-25-18(22-16)23(2)3)21-15-8-9-24(12-15)11-14-6-4-5-7-14;/h13-15H,4-12H2,1-3H3,(H2,19,20,21);1H. The van der Waals surface area contributed by atoms with Gasteiger partial charge in [-0.25, -0.2) is 4.98 Å². The van der Waals surface area contributed by atoms with Crippen molar-refractivity contribution in [2.45, 2.75) is 44.7 Å². The fourth-order valence-electron chi connectivity index (χ4n) is 3.82. The predicted molar refractivity (Wildman–Crippen MR) is 122 cm³/mol. The zero-order chi connectivity index (χ0) is 17.6. The lowest BCUT2D eigenvalue weighted by Crippen LogP contribution is -2.44. The van der Waals surface area contributed by atoms with Gasteiger partial charge in [0.05, 0.1) is 12.2 Å². The van der Waals surface area contributed by atoms with E-state index < -0.39 is 0 Å². The summed E-state index contributed by atoms with van der Waals surface area (Å²) >= 11 is 1.67. The first-order valence-electron chi connectivity index (χ1n) is 9.45. The van der Waals surface area contributed by atoms with Crippen LogP contribution in [0.2, 0.25) is 0 Å². The molecule has 2 aliphatic rings. The molecule has 1 saturated carbocycles. The zero-order valence-electron chi connectivity index (χ0n) is 16.2. The van der Waals surface area contributed by atoms with E-state index in [-0.39, 0.29) is 24.0 Å². The molecular weight excluding hydrogens is 459 g/mol. The van der Waals surface area contributed by atoms with E-state index in [0.29, 0.717) is 12.6 Å². The zero-order valence-corrected chi connectivity index (χ0v) is 19.3. The lowest BCUT2D eigenvalue weighted by Gasteiger charge is -2.21. The summed E-state index contributed by atoms with van der Waals surface area (Å²) in [6.45, 7) is 4.35. The molecule has 1 atom stereocenters. The number of anilines is 1. The summed E-state index contributed by atoms with van der Waals surface area (Å²) in [7, 11) is 5.88. The summed E-state index contributed by atoms with van der Waals surface area (Å²) in [4.78, 5) is 13.7. The van der Waals surface area contributed by atoms with Crippen molar-refractivity contribution in [1.29, 1.82) is 0 Å². The highest BCUT2D eigenvalue weighted by atomic mass is 127. The van der Waals surface area contributed by atoms with E-state index in [1.807, 2.05) is 26.0 Å². The number of likely N-dealkylation sites (tertiary alicyclic amines) is 1. The number of halogens is 1. The third-order valence-corrected chi connectivity index (χ3v) is 6.24. The molecule has 1 aromatic rings. The highest BCUT2D eigenvalue weighted by Crippen LogP contribution is 2.26. The summed E-state index contributed by atoms with van der Waals surface area (Å²) in [5.74, 6) is 1.82. The number of thiazole rings is 1. The van der Waals surface area contributed by atoms with Crippen LogP contribution >= 0.6 is 35.3 Å². The van der Waals surface area contributed by atoms with E-state index >= 15 is 0 Å². The van der Waals surface area contributed by atoms with E-state index in [4.69, 9.17) is 0 Å². The van der Waals surface area contributed by atoms with Gasteiger partial charge in [-0.15, -0.1) is 35.3 Å². The van der Waals surface area contributed by atoms with Crippen molar-refractivity contribution in [1.82, 2.24) is 20.5 Å². The molecule has 26 heavy (non-hydrogen) atoms. The maximum atomic E-state index is 4.61. The average molecular weight is 492 g/mol. The maximum Gasteiger partial charge on any atom is 0.191 e. The van der Waals surface area contributed by atoms with Gasteiger partial charge in [0.2, 0.25) is 0 Å². The molecule has 3 rings (SSSR count). The van der Waals surface area contributed by atoms with Crippen molar-refractivity contribution in [3.8, 4) is 0 Å². The molecule has 0 bridgehead atoms. The van der Waals surface area contributed by atoms with E-state index in [0.717, 1.165) is 29.2 Å². The second-order valence-corrected chi connectivity index (χ2v) is 8.32. The van der Waals surface area contributed by atoms with E-state index in [2.05, 4.69) is 30.9 Å².